The molecule has 0 fully saturated rings. The number of fused-ring (bicyclic) bond motifs is 1. The van der Waals surface area contributed by atoms with E-state index in [0.717, 1.165) is 43.9 Å². The number of hydrogen-bond donors (Lipinski definition) is 2. The topological polar surface area (TPSA) is 50.7 Å². The molecule has 0 aromatic heterocycles. The number of ether oxygens (including phenoxy) is 2. The van der Waals surface area contributed by atoms with E-state index >= 15 is 0 Å². The molecule has 2 aromatic rings. The van der Waals surface area contributed by atoms with Crippen LogP contribution in [0.5, 0.6) is 17.2 Å². The molecule has 23 heavy (non-hydrogen) atoms. The molecule has 122 valence electrons. The number of hydrogen-bond acceptors (Lipinski definition) is 4. The average Bonchev–Trinajstić information content (AvgIpc) is 2.58. The van der Waals surface area contributed by atoms with E-state index in [4.69, 9.17) is 9.47 Å². The van der Waals surface area contributed by atoms with Gasteiger partial charge in [-0.05, 0) is 49.6 Å². The van der Waals surface area contributed by atoms with Crippen LogP contribution in [0.4, 0.5) is 0 Å². The van der Waals surface area contributed by atoms with Gasteiger partial charge in [-0.3, -0.25) is 0 Å². The zero-order chi connectivity index (χ0) is 15.9. The van der Waals surface area contributed by atoms with Crippen LogP contribution < -0.4 is 14.8 Å². The molecule has 1 unspecified atom stereocenters. The first-order chi connectivity index (χ1) is 11.3. The highest BCUT2D eigenvalue weighted by atomic mass is 16.5. The van der Waals surface area contributed by atoms with E-state index in [1.807, 2.05) is 36.4 Å². The van der Waals surface area contributed by atoms with Crippen molar-refractivity contribution in [3.8, 4) is 17.2 Å². The van der Waals surface area contributed by atoms with Gasteiger partial charge in [-0.15, -0.1) is 0 Å². The van der Waals surface area contributed by atoms with Crippen molar-refractivity contribution in [1.82, 2.24) is 5.32 Å². The van der Waals surface area contributed by atoms with Crippen LogP contribution in [0, 0.1) is 0 Å². The lowest BCUT2D eigenvalue weighted by atomic mass is 10.0. The number of benzene rings is 2. The number of phenols is 1. The van der Waals surface area contributed by atoms with Crippen LogP contribution in [-0.4, -0.2) is 30.9 Å². The Morgan fingerprint density at radius 2 is 2.04 bits per heavy atom. The Labute approximate surface area is 137 Å². The summed E-state index contributed by atoms with van der Waals surface area (Å²) in [6, 6.07) is 15.2. The fourth-order valence-electron chi connectivity index (χ4n) is 2.73. The number of rotatable bonds is 7. The van der Waals surface area contributed by atoms with Crippen LogP contribution in [0.25, 0.3) is 0 Å². The zero-order valence-corrected chi connectivity index (χ0v) is 13.2. The highest BCUT2D eigenvalue weighted by Crippen LogP contribution is 2.30. The third kappa shape index (κ3) is 4.63. The lowest BCUT2D eigenvalue weighted by Gasteiger charge is -2.26. The second-order valence-corrected chi connectivity index (χ2v) is 5.79. The predicted octanol–water partition coefficient (Wildman–Crippen LogP) is 3.14. The van der Waals surface area contributed by atoms with Gasteiger partial charge in [0.2, 0.25) is 0 Å². The van der Waals surface area contributed by atoms with E-state index in [0.29, 0.717) is 6.61 Å². The van der Waals surface area contributed by atoms with Gasteiger partial charge in [0.25, 0.3) is 0 Å². The minimum atomic E-state index is 0.166. The Hall–Kier alpha value is -2.20. The van der Waals surface area contributed by atoms with Gasteiger partial charge in [-0.2, -0.15) is 0 Å². The van der Waals surface area contributed by atoms with Crippen molar-refractivity contribution in [2.75, 3.05) is 19.7 Å². The van der Waals surface area contributed by atoms with E-state index in [1.165, 1.54) is 5.56 Å². The molecule has 4 heteroatoms. The van der Waals surface area contributed by atoms with Crippen LogP contribution in [0.2, 0.25) is 0 Å². The summed E-state index contributed by atoms with van der Waals surface area (Å²) in [4.78, 5) is 0. The molecule has 1 heterocycles. The minimum Gasteiger partial charge on any atom is -0.508 e. The van der Waals surface area contributed by atoms with Crippen molar-refractivity contribution < 1.29 is 14.6 Å². The smallest absolute Gasteiger partial charge is 0.126 e. The van der Waals surface area contributed by atoms with Gasteiger partial charge in [0.15, 0.2) is 0 Å². The van der Waals surface area contributed by atoms with Gasteiger partial charge in [0, 0.05) is 12.6 Å². The summed E-state index contributed by atoms with van der Waals surface area (Å²) in [6.45, 7) is 2.43. The molecule has 4 nitrogen and oxygen atoms in total. The lowest BCUT2D eigenvalue weighted by Crippen LogP contribution is -2.34. The molecule has 2 aromatic carbocycles. The van der Waals surface area contributed by atoms with Crippen molar-refractivity contribution in [2.45, 2.75) is 25.4 Å². The Morgan fingerprint density at radius 3 is 2.91 bits per heavy atom. The SMILES string of the molecule is Oc1ccc2c(c1)OC(CNCCCOc1ccccc1)CC2. The third-order valence-electron chi connectivity index (χ3n) is 3.96. The summed E-state index contributed by atoms with van der Waals surface area (Å²) < 4.78 is 11.6. The lowest BCUT2D eigenvalue weighted by molar-refractivity contribution is 0.169. The predicted molar refractivity (Wildman–Crippen MR) is 90.3 cm³/mol. The Balaban J connectivity index is 1.32. The molecule has 1 aliphatic heterocycles. The van der Waals surface area contributed by atoms with E-state index < -0.39 is 0 Å². The largest absolute Gasteiger partial charge is 0.508 e. The molecule has 3 rings (SSSR count). The van der Waals surface area contributed by atoms with E-state index in [2.05, 4.69) is 5.32 Å². The van der Waals surface area contributed by atoms with Crippen LogP contribution in [0.3, 0.4) is 0 Å². The van der Waals surface area contributed by atoms with Crippen LogP contribution in [0.15, 0.2) is 48.5 Å². The Kier molecular flexibility index (Phi) is 5.37. The molecular weight excluding hydrogens is 290 g/mol. The minimum absolute atomic E-state index is 0.166. The second kappa shape index (κ2) is 7.88. The quantitative estimate of drug-likeness (QED) is 0.771. The summed E-state index contributed by atoms with van der Waals surface area (Å²) in [5.41, 5.74) is 1.18. The van der Waals surface area contributed by atoms with E-state index in [-0.39, 0.29) is 11.9 Å². The summed E-state index contributed by atoms with van der Waals surface area (Å²) >= 11 is 0. The van der Waals surface area contributed by atoms with Gasteiger partial charge in [0.1, 0.15) is 23.4 Å². The molecule has 2 N–H and O–H groups in total. The Morgan fingerprint density at radius 1 is 1.17 bits per heavy atom. The summed E-state index contributed by atoms with van der Waals surface area (Å²) in [5.74, 6) is 1.99. The zero-order valence-electron chi connectivity index (χ0n) is 13.2. The maximum Gasteiger partial charge on any atom is 0.126 e. The molecule has 0 radical (unpaired) electrons. The van der Waals surface area contributed by atoms with Crippen LogP contribution in [-0.2, 0) is 6.42 Å². The molecule has 0 saturated carbocycles. The molecule has 1 aliphatic rings. The maximum atomic E-state index is 9.53. The van der Waals surface area contributed by atoms with Gasteiger partial charge >= 0.3 is 0 Å². The molecule has 0 amide bonds. The van der Waals surface area contributed by atoms with E-state index in [1.54, 1.807) is 12.1 Å². The molecular formula is C19H23NO3. The molecule has 0 spiro atoms. The molecule has 1 atom stereocenters. The monoisotopic (exact) mass is 313 g/mol. The fourth-order valence-corrected chi connectivity index (χ4v) is 2.73. The molecule has 0 saturated heterocycles. The number of phenolic OH excluding ortho intramolecular Hbond substituents is 1. The van der Waals surface area contributed by atoms with Crippen molar-refractivity contribution in [3.05, 3.63) is 54.1 Å². The summed E-state index contributed by atoms with van der Waals surface area (Å²) in [5, 5.41) is 13.0. The fraction of sp³-hybridized carbons (Fsp3) is 0.368. The first-order valence-electron chi connectivity index (χ1n) is 8.18. The maximum absolute atomic E-state index is 9.53. The van der Waals surface area contributed by atoms with Gasteiger partial charge in [0.05, 0.1) is 6.61 Å². The third-order valence-corrected chi connectivity index (χ3v) is 3.96. The highest BCUT2D eigenvalue weighted by Gasteiger charge is 2.19. The van der Waals surface area contributed by atoms with Gasteiger partial charge < -0.3 is 19.9 Å². The first kappa shape index (κ1) is 15.7. The average molecular weight is 313 g/mol. The molecule has 0 aliphatic carbocycles. The first-order valence-corrected chi connectivity index (χ1v) is 8.18. The van der Waals surface area contributed by atoms with Crippen molar-refractivity contribution in [2.24, 2.45) is 0 Å². The number of aryl methyl sites for hydroxylation is 1. The van der Waals surface area contributed by atoms with Crippen LogP contribution in [0.1, 0.15) is 18.4 Å². The standard InChI is InChI=1S/C19H23NO3/c21-16-9-7-15-8-10-18(23-19(15)13-16)14-20-11-4-12-22-17-5-2-1-3-6-17/h1-3,5-7,9,13,18,20-21H,4,8,10-12,14H2. The number of nitrogens with one attached hydrogen (secondary N) is 1. The second-order valence-electron chi connectivity index (χ2n) is 5.79. The molecule has 0 bridgehead atoms. The van der Waals surface area contributed by atoms with Crippen molar-refractivity contribution in [3.63, 3.8) is 0 Å². The van der Waals surface area contributed by atoms with Crippen LogP contribution >= 0.6 is 0 Å². The normalized spacial score (nSPS) is 16.4. The van der Waals surface area contributed by atoms with Crippen molar-refractivity contribution >= 4 is 0 Å². The van der Waals surface area contributed by atoms with E-state index in [9.17, 15) is 5.11 Å². The number of para-hydroxylation sites is 1. The van der Waals surface area contributed by atoms with Crippen molar-refractivity contribution in [1.29, 1.82) is 0 Å². The Bertz CT molecular complexity index is 615. The highest BCUT2D eigenvalue weighted by molar-refractivity contribution is 5.41. The van der Waals surface area contributed by atoms with Gasteiger partial charge in [-0.1, -0.05) is 24.3 Å². The van der Waals surface area contributed by atoms with Gasteiger partial charge in [-0.25, -0.2) is 0 Å². The summed E-state index contributed by atoms with van der Waals surface area (Å²) in [7, 11) is 0. The summed E-state index contributed by atoms with van der Waals surface area (Å²) in [6.07, 6.45) is 3.13. The number of aromatic hydroxyl groups is 1.